The van der Waals surface area contributed by atoms with Gasteiger partial charge in [-0.2, -0.15) is 0 Å². The van der Waals surface area contributed by atoms with Gasteiger partial charge in [-0.3, -0.25) is 0 Å². The van der Waals surface area contributed by atoms with Crippen molar-refractivity contribution in [2.24, 2.45) is 0 Å². The number of hydrogen-bond donors (Lipinski definition) is 0. The lowest BCUT2D eigenvalue weighted by molar-refractivity contribution is 0.443. The third-order valence-corrected chi connectivity index (χ3v) is 14.2. The molecule has 8 aromatic carbocycles. The smallest absolute Gasteiger partial charge is 0.0546 e. The fraction of sp³-hybridized carbons (Fsp3) is 0.207. The molecule has 0 bridgehead atoms. The lowest BCUT2D eigenvalue weighted by Gasteiger charge is -2.31. The molecular weight excluding hydrogens is 711 g/mol. The van der Waals surface area contributed by atoms with Gasteiger partial charge in [0.05, 0.1) is 5.69 Å². The Morgan fingerprint density at radius 2 is 1.05 bits per heavy atom. The molecule has 0 heterocycles. The van der Waals surface area contributed by atoms with Crippen LogP contribution in [0.25, 0.3) is 55.3 Å². The van der Waals surface area contributed by atoms with Crippen molar-refractivity contribution in [3.8, 4) is 44.5 Å². The average Bonchev–Trinajstić information content (AvgIpc) is 3.66. The maximum absolute atomic E-state index is 2.53. The quantitative estimate of drug-likeness (QED) is 0.163. The number of benzene rings is 8. The summed E-state index contributed by atoms with van der Waals surface area (Å²) in [5.74, 6) is 0.661. The van der Waals surface area contributed by atoms with Gasteiger partial charge in [0.2, 0.25) is 0 Å². The highest BCUT2D eigenvalue weighted by molar-refractivity contribution is 5.99. The van der Waals surface area contributed by atoms with Crippen LogP contribution in [-0.4, -0.2) is 0 Å². The SMILES string of the molecule is CC1(C)c2ccc(-c3cccc4c3C(C)(C)c3ccccc3-4)cc2-c2ccc(N(c3ccc(C4CCCCC4)cc3)c3cc4ccccc4cc3-c3ccccc3)cc21. The molecule has 0 unspecified atom stereocenters. The van der Waals surface area contributed by atoms with E-state index in [4.69, 9.17) is 0 Å². The number of rotatable bonds is 6. The summed E-state index contributed by atoms with van der Waals surface area (Å²) in [6, 6.07) is 64.5. The Kier molecular flexibility index (Phi) is 8.35. The third kappa shape index (κ3) is 5.73. The topological polar surface area (TPSA) is 3.24 Å². The van der Waals surface area contributed by atoms with Crippen LogP contribution in [0, 0.1) is 0 Å². The van der Waals surface area contributed by atoms with Gasteiger partial charge in [-0.15, -0.1) is 0 Å². The molecular formula is C58H51N. The highest BCUT2D eigenvalue weighted by atomic mass is 15.1. The molecule has 0 amide bonds. The van der Waals surface area contributed by atoms with Crippen LogP contribution in [0.3, 0.4) is 0 Å². The second kappa shape index (κ2) is 13.7. The van der Waals surface area contributed by atoms with E-state index < -0.39 is 0 Å². The van der Waals surface area contributed by atoms with E-state index in [1.807, 2.05) is 0 Å². The van der Waals surface area contributed by atoms with Crippen LogP contribution in [-0.2, 0) is 10.8 Å². The highest BCUT2D eigenvalue weighted by Gasteiger charge is 2.39. The van der Waals surface area contributed by atoms with Crippen LogP contribution in [0.5, 0.6) is 0 Å². The third-order valence-electron chi connectivity index (χ3n) is 14.2. The van der Waals surface area contributed by atoms with Gasteiger partial charge in [0.25, 0.3) is 0 Å². The van der Waals surface area contributed by atoms with Crippen molar-refractivity contribution >= 4 is 27.8 Å². The lowest BCUT2D eigenvalue weighted by Crippen LogP contribution is -2.17. The standard InChI is InChI=1S/C58H51N/c1-57(2)53-33-28-43(46-23-15-24-49-47-22-13-14-25-52(47)58(3,4)56(46)49)35-51(53)48-32-31-45(37-54(48)57)59(44-29-26-39(27-30-44)38-16-7-5-8-17-38)55-36-42-21-12-11-20-41(42)34-50(55)40-18-9-6-10-19-40/h6,9-15,18-38H,5,7-8,16-17H2,1-4H3. The summed E-state index contributed by atoms with van der Waals surface area (Å²) in [6.45, 7) is 9.61. The summed E-state index contributed by atoms with van der Waals surface area (Å²) in [5.41, 5.74) is 20.9. The van der Waals surface area contributed by atoms with Gasteiger partial charge in [-0.25, -0.2) is 0 Å². The van der Waals surface area contributed by atoms with E-state index in [9.17, 15) is 0 Å². The van der Waals surface area contributed by atoms with Gasteiger partial charge in [-0.05, 0) is 139 Å². The maximum atomic E-state index is 2.53. The molecule has 1 heteroatoms. The molecule has 8 aromatic rings. The van der Waals surface area contributed by atoms with E-state index in [-0.39, 0.29) is 10.8 Å². The van der Waals surface area contributed by atoms with Crippen molar-refractivity contribution in [1.29, 1.82) is 0 Å². The van der Waals surface area contributed by atoms with Crippen molar-refractivity contribution in [3.05, 3.63) is 198 Å². The normalized spacial score (nSPS) is 16.0. The van der Waals surface area contributed by atoms with E-state index in [0.717, 1.165) is 0 Å². The van der Waals surface area contributed by atoms with Crippen LogP contribution in [0.15, 0.2) is 170 Å². The van der Waals surface area contributed by atoms with Gasteiger partial charge in [0.15, 0.2) is 0 Å². The van der Waals surface area contributed by atoms with E-state index in [1.165, 1.54) is 132 Å². The molecule has 0 aliphatic heterocycles. The second-order valence-corrected chi connectivity index (χ2v) is 18.4. The first-order valence-corrected chi connectivity index (χ1v) is 21.8. The average molecular weight is 762 g/mol. The van der Waals surface area contributed by atoms with Gasteiger partial charge in [0.1, 0.15) is 0 Å². The Balaban J connectivity index is 1.07. The zero-order valence-corrected chi connectivity index (χ0v) is 34.7. The zero-order valence-electron chi connectivity index (χ0n) is 34.7. The number of hydrogen-bond acceptors (Lipinski definition) is 1. The molecule has 0 spiro atoms. The Bertz CT molecular complexity index is 2910. The van der Waals surface area contributed by atoms with Crippen LogP contribution in [0.4, 0.5) is 17.1 Å². The van der Waals surface area contributed by atoms with Crippen molar-refractivity contribution in [2.75, 3.05) is 4.90 Å². The fourth-order valence-electron chi connectivity index (χ4n) is 11.2. The van der Waals surface area contributed by atoms with Crippen molar-refractivity contribution in [3.63, 3.8) is 0 Å². The number of anilines is 3. The zero-order chi connectivity index (χ0) is 39.9. The van der Waals surface area contributed by atoms with Crippen LogP contribution in [0.1, 0.15) is 93.5 Å². The number of fused-ring (bicyclic) bond motifs is 7. The van der Waals surface area contributed by atoms with E-state index in [2.05, 4.69) is 202 Å². The van der Waals surface area contributed by atoms with Gasteiger partial charge in [0, 0.05) is 27.8 Å². The summed E-state index contributed by atoms with van der Waals surface area (Å²) in [6.07, 6.45) is 6.64. The molecule has 3 aliphatic carbocycles. The Hall–Kier alpha value is -6.18. The van der Waals surface area contributed by atoms with E-state index in [0.29, 0.717) is 5.92 Å². The molecule has 3 aliphatic rings. The van der Waals surface area contributed by atoms with Crippen molar-refractivity contribution in [2.45, 2.75) is 76.5 Å². The Morgan fingerprint density at radius 3 is 1.85 bits per heavy atom. The second-order valence-electron chi connectivity index (χ2n) is 18.4. The predicted molar refractivity (Wildman–Crippen MR) is 250 cm³/mol. The fourth-order valence-corrected chi connectivity index (χ4v) is 11.2. The van der Waals surface area contributed by atoms with E-state index in [1.54, 1.807) is 0 Å². The molecule has 0 saturated heterocycles. The summed E-state index contributed by atoms with van der Waals surface area (Å²) < 4.78 is 0. The molecule has 0 atom stereocenters. The Morgan fingerprint density at radius 1 is 0.407 bits per heavy atom. The molecule has 1 saturated carbocycles. The molecule has 1 fully saturated rings. The predicted octanol–water partition coefficient (Wildman–Crippen LogP) is 16.3. The summed E-state index contributed by atoms with van der Waals surface area (Å²) in [4.78, 5) is 2.53. The first-order chi connectivity index (χ1) is 28.8. The number of nitrogens with zero attached hydrogens (tertiary/aromatic N) is 1. The van der Waals surface area contributed by atoms with Crippen LogP contribution >= 0.6 is 0 Å². The molecule has 288 valence electrons. The first kappa shape index (κ1) is 35.9. The van der Waals surface area contributed by atoms with Crippen LogP contribution < -0.4 is 4.90 Å². The monoisotopic (exact) mass is 761 g/mol. The van der Waals surface area contributed by atoms with Gasteiger partial charge in [-0.1, -0.05) is 174 Å². The highest BCUT2D eigenvalue weighted by Crippen LogP contribution is 2.55. The molecule has 1 nitrogen and oxygen atoms in total. The molecule has 0 radical (unpaired) electrons. The largest absolute Gasteiger partial charge is 0.310 e. The molecule has 59 heavy (non-hydrogen) atoms. The molecule has 0 N–H and O–H groups in total. The molecule has 0 aromatic heterocycles. The minimum atomic E-state index is -0.171. The van der Waals surface area contributed by atoms with E-state index >= 15 is 0 Å². The van der Waals surface area contributed by atoms with Gasteiger partial charge >= 0.3 is 0 Å². The minimum absolute atomic E-state index is 0.0763. The first-order valence-electron chi connectivity index (χ1n) is 21.8. The Labute approximate surface area is 350 Å². The maximum Gasteiger partial charge on any atom is 0.0546 e. The summed E-state index contributed by atoms with van der Waals surface area (Å²) in [5, 5.41) is 2.49. The lowest BCUT2D eigenvalue weighted by atomic mass is 9.78. The summed E-state index contributed by atoms with van der Waals surface area (Å²) >= 11 is 0. The van der Waals surface area contributed by atoms with Crippen molar-refractivity contribution in [1.82, 2.24) is 0 Å². The van der Waals surface area contributed by atoms with Crippen molar-refractivity contribution < 1.29 is 0 Å². The van der Waals surface area contributed by atoms with Crippen LogP contribution in [0.2, 0.25) is 0 Å². The molecule has 11 rings (SSSR count). The minimum Gasteiger partial charge on any atom is -0.310 e. The summed E-state index contributed by atoms with van der Waals surface area (Å²) in [7, 11) is 0. The van der Waals surface area contributed by atoms with Gasteiger partial charge < -0.3 is 4.90 Å².